The van der Waals surface area contributed by atoms with Gasteiger partial charge in [-0.05, 0) is 42.8 Å². The molecule has 9 nitrogen and oxygen atoms in total. The molecule has 1 aromatic carbocycles. The zero-order valence-electron chi connectivity index (χ0n) is 14.3. The van der Waals surface area contributed by atoms with E-state index in [1.807, 2.05) is 53.4 Å². The molecule has 4 aromatic rings. The number of benzene rings is 1. The van der Waals surface area contributed by atoms with E-state index in [9.17, 15) is 10.1 Å². The fourth-order valence-corrected chi connectivity index (χ4v) is 2.72. The average Bonchev–Trinajstić information content (AvgIpc) is 3.43. The summed E-state index contributed by atoms with van der Waals surface area (Å²) in [6.07, 6.45) is 7.87. The van der Waals surface area contributed by atoms with E-state index in [4.69, 9.17) is 4.52 Å². The third kappa shape index (κ3) is 3.76. The molecule has 0 N–H and O–H groups in total. The molecule has 0 atom stereocenters. The van der Waals surface area contributed by atoms with Gasteiger partial charge in [0.05, 0.1) is 4.92 Å². The molecule has 3 aromatic heterocycles. The van der Waals surface area contributed by atoms with Gasteiger partial charge in [0, 0.05) is 36.6 Å². The number of aryl methyl sites for hydroxylation is 2. The third-order valence-corrected chi connectivity index (χ3v) is 4.10. The fourth-order valence-electron chi connectivity index (χ4n) is 2.72. The number of hydrogen-bond donors (Lipinski definition) is 0. The molecule has 0 unspecified atom stereocenters. The van der Waals surface area contributed by atoms with Crippen molar-refractivity contribution in [3.63, 3.8) is 0 Å². The van der Waals surface area contributed by atoms with Crippen LogP contribution in [0.1, 0.15) is 12.3 Å². The molecule has 0 bridgehead atoms. The molecule has 0 spiro atoms. The molecular formula is C18H16N6O3. The van der Waals surface area contributed by atoms with Crippen molar-refractivity contribution in [1.29, 1.82) is 0 Å². The molecular weight excluding hydrogens is 348 g/mol. The normalized spacial score (nSPS) is 11.0. The van der Waals surface area contributed by atoms with Crippen molar-refractivity contribution in [2.24, 2.45) is 0 Å². The Balaban J connectivity index is 1.36. The monoisotopic (exact) mass is 364 g/mol. The Labute approximate surface area is 154 Å². The minimum Gasteiger partial charge on any atom is -0.339 e. The predicted octanol–water partition coefficient (Wildman–Crippen LogP) is 3.26. The molecule has 0 aliphatic heterocycles. The van der Waals surface area contributed by atoms with Crippen LogP contribution in [0.4, 0.5) is 5.69 Å². The van der Waals surface area contributed by atoms with Crippen molar-refractivity contribution in [3.05, 3.63) is 77.2 Å². The SMILES string of the molecule is O=[N+]([O-])c1cnn(CCCc2nc(-c3ccc(-n4cccc4)cc3)no2)c1. The van der Waals surface area contributed by atoms with E-state index in [-0.39, 0.29) is 5.69 Å². The first kappa shape index (κ1) is 16.7. The molecule has 0 saturated heterocycles. The van der Waals surface area contributed by atoms with Crippen molar-refractivity contribution in [2.45, 2.75) is 19.4 Å². The Morgan fingerprint density at radius 1 is 1.15 bits per heavy atom. The van der Waals surface area contributed by atoms with Crippen LogP contribution in [0.25, 0.3) is 17.1 Å². The summed E-state index contributed by atoms with van der Waals surface area (Å²) in [7, 11) is 0. The second kappa shape index (κ2) is 7.24. The summed E-state index contributed by atoms with van der Waals surface area (Å²) in [6.45, 7) is 0.539. The van der Waals surface area contributed by atoms with E-state index >= 15 is 0 Å². The van der Waals surface area contributed by atoms with Crippen molar-refractivity contribution < 1.29 is 9.45 Å². The van der Waals surface area contributed by atoms with Crippen LogP contribution in [0.15, 0.2) is 65.7 Å². The smallest absolute Gasteiger partial charge is 0.306 e. The van der Waals surface area contributed by atoms with Gasteiger partial charge in [-0.1, -0.05) is 5.16 Å². The summed E-state index contributed by atoms with van der Waals surface area (Å²) in [5, 5.41) is 18.6. The maximum Gasteiger partial charge on any atom is 0.306 e. The summed E-state index contributed by atoms with van der Waals surface area (Å²) in [4.78, 5) is 14.6. The minimum atomic E-state index is -0.463. The highest BCUT2D eigenvalue weighted by molar-refractivity contribution is 5.56. The summed E-state index contributed by atoms with van der Waals surface area (Å²) in [5.41, 5.74) is 1.92. The highest BCUT2D eigenvalue weighted by Crippen LogP contribution is 2.19. The lowest BCUT2D eigenvalue weighted by Crippen LogP contribution is -2.00. The van der Waals surface area contributed by atoms with Gasteiger partial charge in [0.2, 0.25) is 11.7 Å². The summed E-state index contributed by atoms with van der Waals surface area (Å²) < 4.78 is 8.85. The Morgan fingerprint density at radius 3 is 2.63 bits per heavy atom. The number of nitro groups is 1. The fraction of sp³-hybridized carbons (Fsp3) is 0.167. The highest BCUT2D eigenvalue weighted by atomic mass is 16.6. The first-order chi connectivity index (χ1) is 13.2. The van der Waals surface area contributed by atoms with Gasteiger partial charge in [-0.3, -0.25) is 14.8 Å². The Bertz CT molecular complexity index is 1030. The van der Waals surface area contributed by atoms with Gasteiger partial charge in [0.15, 0.2) is 0 Å². The third-order valence-electron chi connectivity index (χ3n) is 4.10. The van der Waals surface area contributed by atoms with Crippen LogP contribution in [-0.4, -0.2) is 29.4 Å². The topological polar surface area (TPSA) is 105 Å². The number of aromatic nitrogens is 5. The maximum atomic E-state index is 10.7. The molecule has 0 aliphatic carbocycles. The molecule has 3 heterocycles. The average molecular weight is 364 g/mol. The minimum absolute atomic E-state index is 0.0153. The Hall–Kier alpha value is -3.75. The summed E-state index contributed by atoms with van der Waals surface area (Å²) in [5.74, 6) is 1.07. The van der Waals surface area contributed by atoms with Crippen molar-refractivity contribution in [2.75, 3.05) is 0 Å². The van der Waals surface area contributed by atoms with Crippen LogP contribution in [0.3, 0.4) is 0 Å². The van der Waals surface area contributed by atoms with Crippen LogP contribution in [0.2, 0.25) is 0 Å². The lowest BCUT2D eigenvalue weighted by molar-refractivity contribution is -0.385. The van der Waals surface area contributed by atoms with Crippen LogP contribution < -0.4 is 0 Å². The lowest BCUT2D eigenvalue weighted by Gasteiger charge is -2.02. The van der Waals surface area contributed by atoms with E-state index < -0.39 is 4.92 Å². The number of hydrogen-bond acceptors (Lipinski definition) is 6. The van der Waals surface area contributed by atoms with Crippen molar-refractivity contribution in [3.8, 4) is 17.1 Å². The number of nitrogens with zero attached hydrogens (tertiary/aromatic N) is 6. The van der Waals surface area contributed by atoms with Crippen molar-refractivity contribution in [1.82, 2.24) is 24.5 Å². The first-order valence-corrected chi connectivity index (χ1v) is 8.42. The Kier molecular flexibility index (Phi) is 4.48. The standard InChI is InChI=1S/C18H16N6O3/c25-24(26)16-12-19-23(13-16)11-3-4-17-20-18(21-27-17)14-5-7-15(8-6-14)22-9-1-2-10-22/h1-2,5-10,12-13H,3-4,11H2. The zero-order valence-corrected chi connectivity index (χ0v) is 14.3. The molecule has 0 amide bonds. The van der Waals surface area contributed by atoms with Gasteiger partial charge in [-0.15, -0.1) is 0 Å². The van der Waals surface area contributed by atoms with E-state index in [1.165, 1.54) is 17.1 Å². The molecule has 136 valence electrons. The van der Waals surface area contributed by atoms with Crippen LogP contribution >= 0.6 is 0 Å². The Morgan fingerprint density at radius 2 is 1.93 bits per heavy atom. The van der Waals surface area contributed by atoms with Crippen molar-refractivity contribution >= 4 is 5.69 Å². The number of rotatable bonds is 7. The lowest BCUT2D eigenvalue weighted by atomic mass is 10.2. The van der Waals surface area contributed by atoms with E-state index in [1.54, 1.807) is 0 Å². The first-order valence-electron chi connectivity index (χ1n) is 8.42. The van der Waals surface area contributed by atoms with Crippen LogP contribution in [-0.2, 0) is 13.0 Å². The van der Waals surface area contributed by atoms with Gasteiger partial charge in [-0.2, -0.15) is 10.1 Å². The quantitative estimate of drug-likeness (QED) is 0.368. The summed E-state index contributed by atoms with van der Waals surface area (Å²) in [6, 6.07) is 11.8. The largest absolute Gasteiger partial charge is 0.339 e. The molecule has 27 heavy (non-hydrogen) atoms. The van der Waals surface area contributed by atoms with Crippen LogP contribution in [0.5, 0.6) is 0 Å². The molecule has 0 fully saturated rings. The van der Waals surface area contributed by atoms with Crippen LogP contribution in [0, 0.1) is 10.1 Å². The second-order valence-electron chi connectivity index (χ2n) is 5.97. The molecule has 0 saturated carbocycles. The van der Waals surface area contributed by atoms with Gasteiger partial charge < -0.3 is 9.09 Å². The van der Waals surface area contributed by atoms with E-state index in [2.05, 4.69) is 15.2 Å². The molecule has 9 heteroatoms. The second-order valence-corrected chi connectivity index (χ2v) is 5.97. The predicted molar refractivity (Wildman–Crippen MR) is 96.3 cm³/mol. The van der Waals surface area contributed by atoms with E-state index in [0.29, 0.717) is 31.1 Å². The molecule has 4 rings (SSSR count). The van der Waals surface area contributed by atoms with E-state index in [0.717, 1.165) is 11.3 Å². The summed E-state index contributed by atoms with van der Waals surface area (Å²) >= 11 is 0. The molecule has 0 radical (unpaired) electrons. The maximum absolute atomic E-state index is 10.7. The zero-order chi connectivity index (χ0) is 18.6. The van der Waals surface area contributed by atoms with Gasteiger partial charge in [-0.25, -0.2) is 0 Å². The van der Waals surface area contributed by atoms with Gasteiger partial charge in [0.1, 0.15) is 12.4 Å². The van der Waals surface area contributed by atoms with Gasteiger partial charge >= 0.3 is 5.69 Å². The highest BCUT2D eigenvalue weighted by Gasteiger charge is 2.11. The van der Waals surface area contributed by atoms with Gasteiger partial charge in [0.25, 0.3) is 0 Å². The molecule has 0 aliphatic rings.